The average molecular weight is 593 g/mol. The van der Waals surface area contributed by atoms with Gasteiger partial charge in [-0.2, -0.15) is 4.57 Å². The first-order valence-corrected chi connectivity index (χ1v) is 12.7. The van der Waals surface area contributed by atoms with Crippen molar-refractivity contribution in [3.05, 3.63) is 69.2 Å². The maximum Gasteiger partial charge on any atom is 0.309 e. The Balaban J connectivity index is 0.00000306. The van der Waals surface area contributed by atoms with Crippen LogP contribution >= 0.6 is 23.1 Å². The minimum atomic E-state index is -0.772. The van der Waals surface area contributed by atoms with Crippen LogP contribution in [0.3, 0.4) is 0 Å². The molecule has 1 aliphatic heterocycles. The maximum atomic E-state index is 11.3. The number of carboxylic acid groups (broad SMARTS) is 1. The third kappa shape index (κ3) is 5.63. The minimum absolute atomic E-state index is 0. The predicted molar refractivity (Wildman–Crippen MR) is 135 cm³/mol. The van der Waals surface area contributed by atoms with E-state index >= 15 is 0 Å². The van der Waals surface area contributed by atoms with Gasteiger partial charge < -0.3 is 34.0 Å². The number of rotatable bonds is 7. The van der Waals surface area contributed by atoms with Crippen molar-refractivity contribution in [1.82, 2.24) is 0 Å². The molecule has 0 spiro atoms. The number of thioether (sulfide) groups is 1. The fourth-order valence-corrected chi connectivity index (χ4v) is 6.29. The molecule has 4 rings (SSSR count). The first kappa shape index (κ1) is 25.8. The van der Waals surface area contributed by atoms with Crippen LogP contribution in [0.25, 0.3) is 16.3 Å². The Morgan fingerprint density at radius 2 is 1.85 bits per heavy atom. The molecule has 0 saturated carbocycles. The van der Waals surface area contributed by atoms with Gasteiger partial charge in [-0.15, -0.1) is 0 Å². The monoisotopic (exact) mass is 592 g/mol. The molecule has 4 nitrogen and oxygen atoms in total. The van der Waals surface area contributed by atoms with E-state index in [1.54, 1.807) is 11.3 Å². The summed E-state index contributed by atoms with van der Waals surface area (Å²) in [7, 11) is 0. The smallest absolute Gasteiger partial charge is 0.309 e. The van der Waals surface area contributed by atoms with Gasteiger partial charge in [-0.1, -0.05) is 42.2 Å². The van der Waals surface area contributed by atoms with Crippen LogP contribution in [0.2, 0.25) is 0 Å². The number of halogens is 1. The Labute approximate surface area is 221 Å². The molecule has 0 amide bonds. The first-order chi connectivity index (χ1) is 15.4. The highest BCUT2D eigenvalue weighted by molar-refractivity contribution is 8.03. The van der Waals surface area contributed by atoms with Crippen LogP contribution in [0, 0.1) is 13.8 Å². The largest absolute Gasteiger partial charge is 1.00 e. The Hall–Kier alpha value is -1.84. The number of thiazole rings is 1. The molecule has 33 heavy (non-hydrogen) atoms. The first-order valence-electron chi connectivity index (χ1n) is 11.0. The summed E-state index contributed by atoms with van der Waals surface area (Å²) in [6.45, 7) is 9.97. The van der Waals surface area contributed by atoms with Gasteiger partial charge in [-0.3, -0.25) is 4.79 Å². The van der Waals surface area contributed by atoms with Crippen molar-refractivity contribution in [2.75, 3.05) is 11.4 Å². The van der Waals surface area contributed by atoms with E-state index in [0.717, 1.165) is 23.5 Å². The lowest BCUT2D eigenvalue weighted by molar-refractivity contribution is -0.667. The van der Waals surface area contributed by atoms with Gasteiger partial charge in [0.25, 0.3) is 5.01 Å². The van der Waals surface area contributed by atoms with Crippen molar-refractivity contribution in [3.63, 3.8) is 0 Å². The number of nitrogens with zero attached hydrogens (tertiary/aromatic N) is 2. The molecule has 7 heteroatoms. The summed E-state index contributed by atoms with van der Waals surface area (Å²) in [6, 6.07) is 13.0. The van der Waals surface area contributed by atoms with E-state index in [0.29, 0.717) is 6.54 Å². The summed E-state index contributed by atoms with van der Waals surface area (Å²) in [5.41, 5.74) is 6.09. The van der Waals surface area contributed by atoms with Gasteiger partial charge in [-0.05, 0) is 68.2 Å². The van der Waals surface area contributed by atoms with Crippen LogP contribution in [0.1, 0.15) is 42.8 Å². The second-order valence-corrected chi connectivity index (χ2v) is 10.2. The van der Waals surface area contributed by atoms with Crippen molar-refractivity contribution in [1.29, 1.82) is 0 Å². The van der Waals surface area contributed by atoms with Crippen molar-refractivity contribution in [2.24, 2.45) is 0 Å². The van der Waals surface area contributed by atoms with E-state index in [4.69, 9.17) is 0 Å². The fourth-order valence-electron chi connectivity index (χ4n) is 3.96. The summed E-state index contributed by atoms with van der Waals surface area (Å²) in [4.78, 5) is 15.0. The number of aliphatic carboxylic acids is 1. The zero-order valence-electron chi connectivity index (χ0n) is 19.4. The SMILES string of the molecule is CCC(=Cc1sc2ccc(C)cc2[n+]1CCC(=O)O)C=C1Sc2ccc(C)cc2N1CC.[I-]. The molecule has 0 bridgehead atoms. The quantitative estimate of drug-likeness (QED) is 0.337. The number of aryl methyl sites for hydroxylation is 3. The molecule has 1 aromatic heterocycles. The second kappa shape index (κ2) is 11.1. The molecular formula is C26H29IN2O2S2. The summed E-state index contributed by atoms with van der Waals surface area (Å²) < 4.78 is 3.34. The highest BCUT2D eigenvalue weighted by Crippen LogP contribution is 2.46. The number of benzene rings is 2. The minimum Gasteiger partial charge on any atom is -1.00 e. The zero-order chi connectivity index (χ0) is 22.8. The number of carboxylic acids is 1. The van der Waals surface area contributed by atoms with Gasteiger partial charge in [-0.25, -0.2) is 0 Å². The summed E-state index contributed by atoms with van der Waals surface area (Å²) in [5, 5.41) is 11.6. The van der Waals surface area contributed by atoms with Crippen LogP contribution in [0.5, 0.6) is 0 Å². The van der Waals surface area contributed by atoms with Gasteiger partial charge in [0.2, 0.25) is 5.52 Å². The molecule has 0 saturated heterocycles. The Morgan fingerprint density at radius 3 is 2.55 bits per heavy atom. The Morgan fingerprint density at radius 1 is 1.12 bits per heavy atom. The van der Waals surface area contributed by atoms with Crippen LogP contribution in [0.15, 0.2) is 58.0 Å². The van der Waals surface area contributed by atoms with Gasteiger partial charge in [0.05, 0.1) is 10.7 Å². The van der Waals surface area contributed by atoms with E-state index in [1.807, 2.05) is 11.8 Å². The van der Waals surface area contributed by atoms with Crippen LogP contribution in [-0.4, -0.2) is 17.6 Å². The molecule has 0 unspecified atom stereocenters. The number of fused-ring (bicyclic) bond motifs is 2. The van der Waals surface area contributed by atoms with E-state index in [-0.39, 0.29) is 30.4 Å². The average Bonchev–Trinajstić information content (AvgIpc) is 3.27. The number of hydrogen-bond acceptors (Lipinski definition) is 4. The summed E-state index contributed by atoms with van der Waals surface area (Å²) >= 11 is 3.55. The molecule has 1 N–H and O–H groups in total. The molecule has 2 heterocycles. The number of carbonyl (C=O) groups is 1. The van der Waals surface area contributed by atoms with Crippen molar-refractivity contribution >= 4 is 51.0 Å². The molecule has 0 aliphatic carbocycles. The predicted octanol–water partition coefficient (Wildman–Crippen LogP) is 3.55. The van der Waals surface area contributed by atoms with Gasteiger partial charge in [0, 0.05) is 23.6 Å². The lowest BCUT2D eigenvalue weighted by Crippen LogP contribution is -3.00. The summed E-state index contributed by atoms with van der Waals surface area (Å²) in [5.74, 6) is -0.772. The number of anilines is 1. The highest BCUT2D eigenvalue weighted by atomic mass is 127. The lowest BCUT2D eigenvalue weighted by Gasteiger charge is -2.18. The van der Waals surface area contributed by atoms with Crippen LogP contribution in [-0.2, 0) is 11.3 Å². The molecule has 0 radical (unpaired) electrons. The number of aromatic nitrogens is 1. The fraction of sp³-hybridized carbons (Fsp3) is 0.308. The standard InChI is InChI=1S/C26H28N2O2S2.HI/c1-5-19(15-24-27(6-2)20-13-17(3)7-9-22(20)31-24)16-25-28(12-11-26(29)30)21-14-18(4)8-10-23(21)32-25;/h7-10,13-16H,5-6,11-12H2,1-4H3;1H. The third-order valence-corrected chi connectivity index (χ3v) is 7.89. The normalized spacial score (nSPS) is 14.6. The topological polar surface area (TPSA) is 44.4 Å². The second-order valence-electron chi connectivity index (χ2n) is 8.08. The van der Waals surface area contributed by atoms with E-state index in [9.17, 15) is 9.90 Å². The molecule has 174 valence electrons. The van der Waals surface area contributed by atoms with Crippen molar-refractivity contribution < 1.29 is 38.4 Å². The molecule has 3 aromatic rings. The Kier molecular flexibility index (Phi) is 8.64. The molecular weight excluding hydrogens is 563 g/mol. The third-order valence-electron chi connectivity index (χ3n) is 5.66. The Bertz CT molecular complexity index is 1250. The van der Waals surface area contributed by atoms with Gasteiger partial charge in [0.1, 0.15) is 11.1 Å². The molecule has 2 aromatic carbocycles. The van der Waals surface area contributed by atoms with Crippen molar-refractivity contribution in [2.45, 2.75) is 52.0 Å². The van der Waals surface area contributed by atoms with E-state index in [2.05, 4.69) is 85.7 Å². The lowest BCUT2D eigenvalue weighted by atomic mass is 10.1. The summed E-state index contributed by atoms with van der Waals surface area (Å²) in [6.07, 6.45) is 5.54. The maximum absolute atomic E-state index is 11.3. The van der Waals surface area contributed by atoms with Crippen LogP contribution in [0.4, 0.5) is 5.69 Å². The van der Waals surface area contributed by atoms with Crippen LogP contribution < -0.4 is 33.4 Å². The zero-order valence-corrected chi connectivity index (χ0v) is 23.2. The number of hydrogen-bond donors (Lipinski definition) is 1. The van der Waals surface area contributed by atoms with E-state index in [1.165, 1.54) is 37.0 Å². The molecule has 0 fully saturated rings. The van der Waals surface area contributed by atoms with Crippen molar-refractivity contribution in [3.8, 4) is 0 Å². The molecule has 1 aliphatic rings. The molecule has 0 atom stereocenters. The van der Waals surface area contributed by atoms with E-state index < -0.39 is 5.97 Å². The van der Waals surface area contributed by atoms with Gasteiger partial charge in [0.15, 0.2) is 6.54 Å². The number of allylic oxidation sites excluding steroid dienone is 2. The highest BCUT2D eigenvalue weighted by Gasteiger charge is 2.25. The van der Waals surface area contributed by atoms with Gasteiger partial charge >= 0.3 is 5.97 Å².